The number of carbonyl (C=O) groups excluding carboxylic acids is 1. The smallest absolute Gasteiger partial charge is 0.303 e. The largest absolute Gasteiger partial charge is 0.307 e. The summed E-state index contributed by atoms with van der Waals surface area (Å²) < 4.78 is 1.61. The minimum atomic E-state index is -0.153. The van der Waals surface area contributed by atoms with Crippen LogP contribution in [0.4, 0.5) is 5.13 Å². The Balaban J connectivity index is 1.87. The number of hydrogen-bond donors (Lipinski definition) is 1. The van der Waals surface area contributed by atoms with Gasteiger partial charge in [-0.1, -0.05) is 36.5 Å². The highest BCUT2D eigenvalue weighted by Crippen LogP contribution is 2.18. The van der Waals surface area contributed by atoms with E-state index < -0.39 is 0 Å². The molecule has 0 spiro atoms. The maximum atomic E-state index is 11.9. The van der Waals surface area contributed by atoms with Crippen molar-refractivity contribution in [2.24, 2.45) is 5.92 Å². The molecule has 0 saturated heterocycles. The third-order valence-electron chi connectivity index (χ3n) is 2.83. The summed E-state index contributed by atoms with van der Waals surface area (Å²) in [6, 6.07) is 0. The number of nitrogens with one attached hydrogen (secondary N) is 1. The number of rotatable bonds is 6. The number of thiazole rings is 1. The molecule has 2 aromatic heterocycles. The van der Waals surface area contributed by atoms with E-state index in [9.17, 15) is 9.59 Å². The molecular weight excluding hydrogens is 308 g/mol. The van der Waals surface area contributed by atoms with Gasteiger partial charge in [-0.3, -0.25) is 9.59 Å². The lowest BCUT2D eigenvalue weighted by Crippen LogP contribution is -2.20. The van der Waals surface area contributed by atoms with Gasteiger partial charge >= 0.3 is 4.87 Å². The predicted octanol–water partition coefficient (Wildman–Crippen LogP) is 2.30. The second-order valence-corrected chi connectivity index (χ2v) is 7.07. The fourth-order valence-corrected chi connectivity index (χ4v) is 3.53. The van der Waals surface area contributed by atoms with Gasteiger partial charge in [-0.05, 0) is 12.8 Å². The monoisotopic (exact) mass is 326 g/mol. The Morgan fingerprint density at radius 2 is 2.19 bits per heavy atom. The topological polar surface area (TPSA) is 76.9 Å². The van der Waals surface area contributed by atoms with E-state index in [-0.39, 0.29) is 17.2 Å². The van der Waals surface area contributed by atoms with E-state index in [1.807, 2.05) is 6.92 Å². The Hall–Kier alpha value is -1.54. The standard InChI is InChI=1S/C13H18N4O2S2/c1-8(2)6-11-15-16-12(21-11)14-10(18)4-5-17-9(3)7-20-13(17)19/h7-8H,4-6H2,1-3H3,(H,14,16,18). The molecule has 2 rings (SSSR count). The third kappa shape index (κ3) is 4.47. The average molecular weight is 326 g/mol. The molecule has 0 unspecified atom stereocenters. The van der Waals surface area contributed by atoms with Gasteiger partial charge in [-0.15, -0.1) is 10.2 Å². The Morgan fingerprint density at radius 1 is 1.43 bits per heavy atom. The molecule has 2 aromatic rings. The first-order chi connectivity index (χ1) is 9.95. The van der Waals surface area contributed by atoms with Gasteiger partial charge in [0.15, 0.2) is 0 Å². The highest BCUT2D eigenvalue weighted by atomic mass is 32.1. The number of aryl methyl sites for hydroxylation is 1. The van der Waals surface area contributed by atoms with Crippen LogP contribution >= 0.6 is 22.7 Å². The van der Waals surface area contributed by atoms with Crippen molar-refractivity contribution in [1.82, 2.24) is 14.8 Å². The van der Waals surface area contributed by atoms with Crippen molar-refractivity contribution in [1.29, 1.82) is 0 Å². The zero-order valence-electron chi connectivity index (χ0n) is 12.3. The van der Waals surface area contributed by atoms with E-state index in [0.717, 1.165) is 28.5 Å². The Labute approximate surface area is 130 Å². The number of amides is 1. The van der Waals surface area contributed by atoms with Crippen LogP contribution in [0.25, 0.3) is 0 Å². The first-order valence-corrected chi connectivity index (χ1v) is 8.42. The minimum absolute atomic E-state index is 0.0320. The number of nitrogens with zero attached hydrogens (tertiary/aromatic N) is 3. The molecule has 0 aliphatic rings. The Morgan fingerprint density at radius 3 is 2.81 bits per heavy atom. The predicted molar refractivity (Wildman–Crippen MR) is 85.0 cm³/mol. The molecule has 0 aromatic carbocycles. The fourth-order valence-electron chi connectivity index (χ4n) is 1.81. The van der Waals surface area contributed by atoms with Crippen LogP contribution in [-0.4, -0.2) is 20.7 Å². The van der Waals surface area contributed by atoms with Crippen LogP contribution < -0.4 is 10.2 Å². The summed E-state index contributed by atoms with van der Waals surface area (Å²) in [5, 5.41) is 14.0. The van der Waals surface area contributed by atoms with Crippen LogP contribution in [0.2, 0.25) is 0 Å². The molecule has 0 fully saturated rings. The van der Waals surface area contributed by atoms with Gasteiger partial charge in [0.25, 0.3) is 0 Å². The zero-order valence-corrected chi connectivity index (χ0v) is 13.9. The molecule has 0 radical (unpaired) electrons. The van der Waals surface area contributed by atoms with E-state index in [1.165, 1.54) is 11.3 Å². The van der Waals surface area contributed by atoms with E-state index in [4.69, 9.17) is 0 Å². The van der Waals surface area contributed by atoms with Crippen molar-refractivity contribution in [2.45, 2.75) is 40.2 Å². The number of aromatic nitrogens is 3. The second-order valence-electron chi connectivity index (χ2n) is 5.19. The molecule has 114 valence electrons. The van der Waals surface area contributed by atoms with E-state index in [2.05, 4.69) is 29.4 Å². The van der Waals surface area contributed by atoms with Crippen LogP contribution in [0.15, 0.2) is 10.2 Å². The van der Waals surface area contributed by atoms with Gasteiger partial charge in [-0.25, -0.2) is 0 Å². The van der Waals surface area contributed by atoms with Gasteiger partial charge in [-0.2, -0.15) is 0 Å². The normalized spacial score (nSPS) is 11.0. The molecule has 6 nitrogen and oxygen atoms in total. The molecule has 0 saturated carbocycles. The molecule has 0 bridgehead atoms. The van der Waals surface area contributed by atoms with Gasteiger partial charge in [0.2, 0.25) is 11.0 Å². The molecule has 0 aliphatic heterocycles. The van der Waals surface area contributed by atoms with Gasteiger partial charge in [0, 0.05) is 30.5 Å². The van der Waals surface area contributed by atoms with Crippen molar-refractivity contribution < 1.29 is 4.79 Å². The number of hydrogen-bond acceptors (Lipinski definition) is 6. The zero-order chi connectivity index (χ0) is 15.4. The summed E-state index contributed by atoms with van der Waals surface area (Å²) in [5.74, 6) is 0.356. The summed E-state index contributed by atoms with van der Waals surface area (Å²) in [6.07, 6.45) is 1.10. The second kappa shape index (κ2) is 6.95. The molecule has 0 aliphatic carbocycles. The SMILES string of the molecule is Cc1csc(=O)n1CCC(=O)Nc1nnc(CC(C)C)s1. The highest BCUT2D eigenvalue weighted by Gasteiger charge is 2.10. The molecule has 1 N–H and O–H groups in total. The molecule has 0 atom stereocenters. The lowest BCUT2D eigenvalue weighted by Gasteiger charge is -2.04. The summed E-state index contributed by atoms with van der Waals surface area (Å²) in [7, 11) is 0. The first kappa shape index (κ1) is 15.8. The summed E-state index contributed by atoms with van der Waals surface area (Å²) in [5.41, 5.74) is 0.882. The molecule has 21 heavy (non-hydrogen) atoms. The minimum Gasteiger partial charge on any atom is -0.303 e. The van der Waals surface area contributed by atoms with Crippen molar-refractivity contribution in [3.05, 3.63) is 25.7 Å². The maximum absolute atomic E-state index is 11.9. The van der Waals surface area contributed by atoms with Gasteiger partial charge in [0.1, 0.15) is 5.01 Å². The lowest BCUT2D eigenvalue weighted by atomic mass is 10.1. The van der Waals surface area contributed by atoms with E-state index in [1.54, 1.807) is 9.95 Å². The quantitative estimate of drug-likeness (QED) is 0.883. The van der Waals surface area contributed by atoms with Crippen LogP contribution in [0, 0.1) is 12.8 Å². The van der Waals surface area contributed by atoms with Crippen molar-refractivity contribution in [3.63, 3.8) is 0 Å². The Bertz CT molecular complexity index is 672. The molecule has 1 amide bonds. The number of anilines is 1. The van der Waals surface area contributed by atoms with Gasteiger partial charge < -0.3 is 9.88 Å². The van der Waals surface area contributed by atoms with Crippen LogP contribution in [0.3, 0.4) is 0 Å². The van der Waals surface area contributed by atoms with E-state index in [0.29, 0.717) is 17.6 Å². The first-order valence-electron chi connectivity index (χ1n) is 6.73. The van der Waals surface area contributed by atoms with Crippen LogP contribution in [0.1, 0.15) is 31.0 Å². The van der Waals surface area contributed by atoms with Crippen molar-refractivity contribution >= 4 is 33.7 Å². The van der Waals surface area contributed by atoms with E-state index >= 15 is 0 Å². The molecular formula is C13H18N4O2S2. The molecule has 8 heteroatoms. The fraction of sp³-hybridized carbons (Fsp3) is 0.538. The summed E-state index contributed by atoms with van der Waals surface area (Å²) >= 11 is 2.55. The summed E-state index contributed by atoms with van der Waals surface area (Å²) in [4.78, 5) is 23.4. The van der Waals surface area contributed by atoms with Crippen molar-refractivity contribution in [3.8, 4) is 0 Å². The van der Waals surface area contributed by atoms with Crippen molar-refractivity contribution in [2.75, 3.05) is 5.32 Å². The highest BCUT2D eigenvalue weighted by molar-refractivity contribution is 7.15. The molecule has 2 heterocycles. The van der Waals surface area contributed by atoms with Gasteiger partial charge in [0.05, 0.1) is 0 Å². The maximum Gasteiger partial charge on any atom is 0.307 e. The van der Waals surface area contributed by atoms with Crippen LogP contribution in [-0.2, 0) is 17.8 Å². The third-order valence-corrected chi connectivity index (χ3v) is 4.58. The average Bonchev–Trinajstić information content (AvgIpc) is 2.95. The van der Waals surface area contributed by atoms with Crippen LogP contribution in [0.5, 0.6) is 0 Å². The summed E-state index contributed by atoms with van der Waals surface area (Å²) in [6.45, 7) is 6.47. The number of carbonyl (C=O) groups is 1. The Kier molecular flexibility index (Phi) is 5.24. The lowest BCUT2D eigenvalue weighted by molar-refractivity contribution is -0.116.